The summed E-state index contributed by atoms with van der Waals surface area (Å²) in [6, 6.07) is 0. The standard InChI is InChI=1S/C20H36N2O4Si/c1-19(2,3)25-18(23)22-11-15(17-13-24-14-21-17)9-10-16(12-22)26-27(7,8)20(4,5)6/h13-16H,9-12H2,1-8H3. The van der Waals surface area contributed by atoms with Crippen LogP contribution in [0, 0.1) is 0 Å². The van der Waals surface area contributed by atoms with Crippen molar-refractivity contribution in [1.82, 2.24) is 9.88 Å². The normalized spacial score (nSPS) is 22.4. The molecule has 0 bridgehead atoms. The van der Waals surface area contributed by atoms with Crippen LogP contribution in [-0.4, -0.2) is 49.1 Å². The largest absolute Gasteiger partial charge is 0.451 e. The van der Waals surface area contributed by atoms with E-state index in [1.807, 2.05) is 20.8 Å². The summed E-state index contributed by atoms with van der Waals surface area (Å²) in [6.07, 6.45) is 4.64. The molecule has 0 N–H and O–H groups in total. The molecule has 6 nitrogen and oxygen atoms in total. The summed E-state index contributed by atoms with van der Waals surface area (Å²) in [7, 11) is -1.93. The number of likely N-dealkylation sites (tertiary alicyclic amines) is 1. The highest BCUT2D eigenvalue weighted by Crippen LogP contribution is 2.39. The lowest BCUT2D eigenvalue weighted by molar-refractivity contribution is 0.0176. The molecule has 2 atom stereocenters. The first kappa shape index (κ1) is 22.0. The maximum absolute atomic E-state index is 12.8. The van der Waals surface area contributed by atoms with E-state index in [1.54, 1.807) is 11.2 Å². The third kappa shape index (κ3) is 6.07. The summed E-state index contributed by atoms with van der Waals surface area (Å²) in [4.78, 5) is 18.9. The highest BCUT2D eigenvalue weighted by molar-refractivity contribution is 6.74. The minimum Gasteiger partial charge on any atom is -0.451 e. The first-order valence-corrected chi connectivity index (χ1v) is 12.7. The molecule has 7 heteroatoms. The first-order chi connectivity index (χ1) is 12.3. The van der Waals surface area contributed by atoms with Crippen LogP contribution in [0.3, 0.4) is 0 Å². The van der Waals surface area contributed by atoms with Gasteiger partial charge in [-0.05, 0) is 51.7 Å². The van der Waals surface area contributed by atoms with Crippen molar-refractivity contribution >= 4 is 14.4 Å². The van der Waals surface area contributed by atoms with Gasteiger partial charge in [0.2, 0.25) is 0 Å². The second kappa shape index (κ2) is 7.95. The van der Waals surface area contributed by atoms with Crippen LogP contribution >= 0.6 is 0 Å². The van der Waals surface area contributed by atoms with Gasteiger partial charge in [0, 0.05) is 19.0 Å². The van der Waals surface area contributed by atoms with E-state index in [0.29, 0.717) is 13.1 Å². The van der Waals surface area contributed by atoms with Crippen LogP contribution in [0.25, 0.3) is 0 Å². The lowest BCUT2D eigenvalue weighted by atomic mass is 10.00. The first-order valence-electron chi connectivity index (χ1n) is 9.82. The second-order valence-corrected chi connectivity index (χ2v) is 14.8. The topological polar surface area (TPSA) is 64.8 Å². The van der Waals surface area contributed by atoms with E-state index < -0.39 is 13.9 Å². The van der Waals surface area contributed by atoms with Gasteiger partial charge in [-0.3, -0.25) is 0 Å². The number of hydrogen-bond acceptors (Lipinski definition) is 5. The fourth-order valence-electron chi connectivity index (χ4n) is 2.99. The number of aromatic nitrogens is 1. The highest BCUT2D eigenvalue weighted by Gasteiger charge is 2.41. The van der Waals surface area contributed by atoms with Gasteiger partial charge in [-0.15, -0.1) is 0 Å². The number of amides is 1. The Morgan fingerprint density at radius 3 is 2.37 bits per heavy atom. The molecule has 1 aliphatic rings. The summed E-state index contributed by atoms with van der Waals surface area (Å²) < 4.78 is 17.5. The predicted molar refractivity (Wildman–Crippen MR) is 108 cm³/mol. The maximum atomic E-state index is 12.8. The number of carbonyl (C=O) groups is 1. The van der Waals surface area contributed by atoms with Crippen LogP contribution in [0.15, 0.2) is 17.1 Å². The minimum absolute atomic E-state index is 0.00955. The molecule has 1 aromatic rings. The van der Waals surface area contributed by atoms with Crippen molar-refractivity contribution in [2.45, 2.75) is 90.1 Å². The Balaban J connectivity index is 2.20. The summed E-state index contributed by atoms with van der Waals surface area (Å²) in [5, 5.41) is 0.127. The predicted octanol–water partition coefficient (Wildman–Crippen LogP) is 5.18. The molecule has 2 unspecified atom stereocenters. The van der Waals surface area contributed by atoms with E-state index in [-0.39, 0.29) is 23.2 Å². The maximum Gasteiger partial charge on any atom is 0.410 e. The summed E-state index contributed by atoms with van der Waals surface area (Å²) in [5.74, 6) is 0.129. The van der Waals surface area contributed by atoms with E-state index in [1.165, 1.54) is 6.39 Å². The number of oxazole rings is 1. The van der Waals surface area contributed by atoms with Gasteiger partial charge in [0.25, 0.3) is 0 Å². The number of ether oxygens (including phenoxy) is 1. The lowest BCUT2D eigenvalue weighted by Crippen LogP contribution is -2.48. The molecule has 1 aliphatic heterocycles. The van der Waals surface area contributed by atoms with Gasteiger partial charge < -0.3 is 18.5 Å². The van der Waals surface area contributed by atoms with Gasteiger partial charge in [0.15, 0.2) is 14.7 Å². The van der Waals surface area contributed by atoms with Crippen molar-refractivity contribution in [2.75, 3.05) is 13.1 Å². The smallest absolute Gasteiger partial charge is 0.410 e. The fraction of sp³-hybridized carbons (Fsp3) is 0.800. The molecule has 154 valence electrons. The zero-order chi connectivity index (χ0) is 20.5. The van der Waals surface area contributed by atoms with Crippen molar-refractivity contribution in [3.8, 4) is 0 Å². The number of carbonyl (C=O) groups excluding carboxylic acids is 1. The zero-order valence-electron chi connectivity index (χ0n) is 18.2. The van der Waals surface area contributed by atoms with Gasteiger partial charge in [0.1, 0.15) is 11.9 Å². The fourth-order valence-corrected chi connectivity index (χ4v) is 4.37. The molecule has 0 aliphatic carbocycles. The number of hydrogen-bond donors (Lipinski definition) is 0. The lowest BCUT2D eigenvalue weighted by Gasteiger charge is -2.40. The zero-order valence-corrected chi connectivity index (χ0v) is 19.2. The SMILES string of the molecule is CC(C)(C)OC(=O)N1CC(O[Si](C)(C)C(C)(C)C)CCC(c2cocn2)C1. The molecule has 2 heterocycles. The van der Waals surface area contributed by atoms with Crippen molar-refractivity contribution in [3.05, 3.63) is 18.4 Å². The summed E-state index contributed by atoms with van der Waals surface area (Å²) >= 11 is 0. The molecule has 1 saturated heterocycles. The molecule has 2 rings (SSSR count). The Kier molecular flexibility index (Phi) is 6.47. The van der Waals surface area contributed by atoms with Crippen LogP contribution in [0.4, 0.5) is 4.79 Å². The van der Waals surface area contributed by atoms with E-state index in [4.69, 9.17) is 13.6 Å². The van der Waals surface area contributed by atoms with Crippen LogP contribution in [0.5, 0.6) is 0 Å². The third-order valence-electron chi connectivity index (χ3n) is 5.49. The van der Waals surface area contributed by atoms with Crippen molar-refractivity contribution in [2.24, 2.45) is 0 Å². The second-order valence-electron chi connectivity index (χ2n) is 10.1. The summed E-state index contributed by atoms with van der Waals surface area (Å²) in [5.41, 5.74) is 0.360. The quantitative estimate of drug-likeness (QED) is 0.659. The Hall–Kier alpha value is -1.34. The van der Waals surface area contributed by atoms with Gasteiger partial charge >= 0.3 is 6.09 Å². The Morgan fingerprint density at radius 1 is 1.19 bits per heavy atom. The molecule has 1 fully saturated rings. The molecule has 1 aromatic heterocycles. The average Bonchev–Trinajstić information content (AvgIpc) is 2.93. The highest BCUT2D eigenvalue weighted by atomic mass is 28.4. The van der Waals surface area contributed by atoms with Crippen LogP contribution in [0.2, 0.25) is 18.1 Å². The van der Waals surface area contributed by atoms with Gasteiger partial charge in [0.05, 0.1) is 11.8 Å². The van der Waals surface area contributed by atoms with E-state index in [0.717, 1.165) is 18.5 Å². The molecular weight excluding hydrogens is 360 g/mol. The molecule has 0 aromatic carbocycles. The van der Waals surface area contributed by atoms with E-state index >= 15 is 0 Å². The molecule has 27 heavy (non-hydrogen) atoms. The number of rotatable bonds is 3. The van der Waals surface area contributed by atoms with Gasteiger partial charge in [-0.25, -0.2) is 9.78 Å². The van der Waals surface area contributed by atoms with Gasteiger partial charge in [-0.1, -0.05) is 20.8 Å². The van der Waals surface area contributed by atoms with E-state index in [2.05, 4.69) is 38.8 Å². The Morgan fingerprint density at radius 2 is 1.85 bits per heavy atom. The third-order valence-corrected chi connectivity index (χ3v) is 10.0. The number of nitrogens with zero attached hydrogens (tertiary/aromatic N) is 2. The Bertz CT molecular complexity index is 617. The van der Waals surface area contributed by atoms with Crippen molar-refractivity contribution in [3.63, 3.8) is 0 Å². The van der Waals surface area contributed by atoms with Gasteiger partial charge in [-0.2, -0.15) is 0 Å². The van der Waals surface area contributed by atoms with Crippen molar-refractivity contribution < 1.29 is 18.4 Å². The molecule has 1 amide bonds. The monoisotopic (exact) mass is 396 g/mol. The van der Waals surface area contributed by atoms with E-state index in [9.17, 15) is 4.79 Å². The molecule has 0 radical (unpaired) electrons. The minimum atomic E-state index is -1.93. The van der Waals surface area contributed by atoms with Crippen molar-refractivity contribution in [1.29, 1.82) is 0 Å². The Labute approximate surface area is 164 Å². The summed E-state index contributed by atoms with van der Waals surface area (Å²) in [6.45, 7) is 18.0. The van der Waals surface area contributed by atoms with Crippen LogP contribution in [0.1, 0.15) is 66.0 Å². The van der Waals surface area contributed by atoms with Crippen LogP contribution in [-0.2, 0) is 9.16 Å². The van der Waals surface area contributed by atoms with Crippen LogP contribution < -0.4 is 0 Å². The average molecular weight is 397 g/mol. The molecule has 0 saturated carbocycles. The molecule has 0 spiro atoms. The molecular formula is C20H36N2O4Si.